The van der Waals surface area contributed by atoms with Crippen molar-refractivity contribution in [3.63, 3.8) is 0 Å². The second-order valence-corrected chi connectivity index (χ2v) is 9.28. The van der Waals surface area contributed by atoms with Crippen LogP contribution in [0.3, 0.4) is 0 Å². The van der Waals surface area contributed by atoms with Gasteiger partial charge >= 0.3 is 0 Å². The summed E-state index contributed by atoms with van der Waals surface area (Å²) in [5.41, 5.74) is 3.33. The van der Waals surface area contributed by atoms with Crippen molar-refractivity contribution in [2.45, 2.75) is 4.90 Å². The van der Waals surface area contributed by atoms with Crippen molar-refractivity contribution in [2.75, 3.05) is 24.3 Å². The number of hydrogen-bond donors (Lipinski definition) is 2. The van der Waals surface area contributed by atoms with E-state index in [1.54, 1.807) is 30.3 Å². The van der Waals surface area contributed by atoms with Crippen LogP contribution in [0.1, 0.15) is 10.4 Å². The molecular weight excluding hydrogens is 464 g/mol. The summed E-state index contributed by atoms with van der Waals surface area (Å²) < 4.78 is 38.6. The molecule has 0 fully saturated rings. The van der Waals surface area contributed by atoms with Crippen molar-refractivity contribution in [3.05, 3.63) is 103 Å². The molecule has 2 N–H and O–H groups in total. The molecule has 8 heteroatoms. The molecule has 0 atom stereocenters. The van der Waals surface area contributed by atoms with E-state index < -0.39 is 10.0 Å². The quantitative estimate of drug-likeness (QED) is 0.345. The topological polar surface area (TPSA) is 93.7 Å². The van der Waals surface area contributed by atoms with Gasteiger partial charge in [-0.15, -0.1) is 0 Å². The third-order valence-corrected chi connectivity index (χ3v) is 6.71. The fraction of sp³-hybridized carbons (Fsp3) is 0.0741. The monoisotopic (exact) mass is 488 g/mol. The molecule has 0 aliphatic rings. The van der Waals surface area contributed by atoms with Crippen LogP contribution in [0.4, 0.5) is 11.4 Å². The van der Waals surface area contributed by atoms with Crippen molar-refractivity contribution in [3.8, 4) is 22.6 Å². The van der Waals surface area contributed by atoms with Crippen LogP contribution in [0.2, 0.25) is 0 Å². The van der Waals surface area contributed by atoms with E-state index in [2.05, 4.69) is 10.0 Å². The molecule has 4 aromatic rings. The molecule has 0 spiro atoms. The van der Waals surface area contributed by atoms with E-state index >= 15 is 0 Å². The molecule has 0 bridgehead atoms. The summed E-state index contributed by atoms with van der Waals surface area (Å²) in [6, 6.07) is 27.9. The van der Waals surface area contributed by atoms with Gasteiger partial charge in [-0.3, -0.25) is 9.52 Å². The molecule has 0 unspecified atom stereocenters. The lowest BCUT2D eigenvalue weighted by Gasteiger charge is -2.13. The molecule has 0 aliphatic carbocycles. The average Bonchev–Trinajstić information content (AvgIpc) is 2.89. The van der Waals surface area contributed by atoms with Crippen molar-refractivity contribution in [1.82, 2.24) is 0 Å². The van der Waals surface area contributed by atoms with Gasteiger partial charge in [0.2, 0.25) is 0 Å². The number of rotatable bonds is 8. The van der Waals surface area contributed by atoms with Crippen LogP contribution in [-0.4, -0.2) is 28.5 Å². The first-order chi connectivity index (χ1) is 16.9. The minimum atomic E-state index is -3.88. The number of sulfonamides is 1. The Morgan fingerprint density at radius 3 is 2.03 bits per heavy atom. The summed E-state index contributed by atoms with van der Waals surface area (Å²) in [5, 5.41) is 2.79. The summed E-state index contributed by atoms with van der Waals surface area (Å²) in [4.78, 5) is 12.7. The maximum atomic E-state index is 12.8. The molecule has 178 valence electrons. The lowest BCUT2D eigenvalue weighted by molar-refractivity contribution is 0.102. The Morgan fingerprint density at radius 2 is 1.40 bits per heavy atom. The molecule has 4 rings (SSSR count). The van der Waals surface area contributed by atoms with E-state index in [1.807, 2.05) is 42.5 Å². The van der Waals surface area contributed by atoms with Crippen LogP contribution in [0.25, 0.3) is 11.1 Å². The highest BCUT2D eigenvalue weighted by molar-refractivity contribution is 7.92. The number of anilines is 2. The molecule has 0 radical (unpaired) electrons. The number of carbonyl (C=O) groups excluding carboxylic acids is 1. The van der Waals surface area contributed by atoms with Crippen molar-refractivity contribution < 1.29 is 22.7 Å². The van der Waals surface area contributed by atoms with Crippen LogP contribution in [0.5, 0.6) is 11.5 Å². The minimum absolute atomic E-state index is 0.0422. The lowest BCUT2D eigenvalue weighted by Crippen LogP contribution is -2.14. The van der Waals surface area contributed by atoms with Gasteiger partial charge in [0.05, 0.1) is 24.8 Å². The summed E-state index contributed by atoms with van der Waals surface area (Å²) in [6.07, 6.45) is 0. The largest absolute Gasteiger partial charge is 0.497 e. The van der Waals surface area contributed by atoms with Gasteiger partial charge < -0.3 is 14.8 Å². The van der Waals surface area contributed by atoms with Gasteiger partial charge in [-0.05, 0) is 59.7 Å². The molecule has 0 aliphatic heterocycles. The first-order valence-electron chi connectivity index (χ1n) is 10.7. The van der Waals surface area contributed by atoms with Gasteiger partial charge in [-0.25, -0.2) is 8.42 Å². The van der Waals surface area contributed by atoms with E-state index in [-0.39, 0.29) is 16.5 Å². The number of carbonyl (C=O) groups is 1. The van der Waals surface area contributed by atoms with Gasteiger partial charge in [0, 0.05) is 17.3 Å². The average molecular weight is 489 g/mol. The lowest BCUT2D eigenvalue weighted by atomic mass is 10.0. The summed E-state index contributed by atoms with van der Waals surface area (Å²) in [6.45, 7) is 0. The minimum Gasteiger partial charge on any atom is -0.497 e. The van der Waals surface area contributed by atoms with Crippen molar-refractivity contribution in [1.29, 1.82) is 0 Å². The highest BCUT2D eigenvalue weighted by Crippen LogP contribution is 2.31. The zero-order valence-corrected chi connectivity index (χ0v) is 20.0. The van der Waals surface area contributed by atoms with Crippen LogP contribution >= 0.6 is 0 Å². The Balaban J connectivity index is 1.44. The van der Waals surface area contributed by atoms with E-state index in [9.17, 15) is 13.2 Å². The molecule has 0 aromatic heterocycles. The smallest absolute Gasteiger partial charge is 0.262 e. The van der Waals surface area contributed by atoms with Gasteiger partial charge in [0.25, 0.3) is 15.9 Å². The molecule has 35 heavy (non-hydrogen) atoms. The third-order valence-electron chi connectivity index (χ3n) is 5.33. The Kier molecular flexibility index (Phi) is 7.03. The number of methoxy groups -OCH3 is 2. The van der Waals surface area contributed by atoms with E-state index in [4.69, 9.17) is 9.47 Å². The number of nitrogens with one attached hydrogen (secondary N) is 2. The Bertz CT molecular complexity index is 1420. The predicted octanol–water partition coefficient (Wildman–Crippen LogP) is 5.42. The van der Waals surface area contributed by atoms with Gasteiger partial charge in [-0.2, -0.15) is 0 Å². The van der Waals surface area contributed by atoms with Gasteiger partial charge in [-0.1, -0.05) is 42.5 Å². The first-order valence-corrected chi connectivity index (χ1v) is 12.2. The maximum Gasteiger partial charge on any atom is 0.262 e. The number of amides is 1. The van der Waals surface area contributed by atoms with Crippen LogP contribution in [0, 0.1) is 0 Å². The Hall–Kier alpha value is -4.30. The normalized spacial score (nSPS) is 10.9. The van der Waals surface area contributed by atoms with E-state index in [1.165, 1.54) is 38.5 Å². The molecule has 0 saturated heterocycles. The standard InChI is InChI=1S/C27H24N2O5S/c1-33-23-14-17-25(26(18-23)34-2)29-35(31,32)24-15-12-22(13-16-24)28-27(30)21-10-8-20(9-11-21)19-6-4-3-5-7-19/h3-18,29H,1-2H3,(H,28,30). The van der Waals surface area contributed by atoms with Gasteiger partial charge in [0.15, 0.2) is 0 Å². The Labute approximate surface area is 204 Å². The maximum absolute atomic E-state index is 12.8. The van der Waals surface area contributed by atoms with Crippen LogP contribution < -0.4 is 19.5 Å². The molecule has 4 aromatic carbocycles. The second-order valence-electron chi connectivity index (χ2n) is 7.59. The fourth-order valence-corrected chi connectivity index (χ4v) is 4.52. The number of hydrogen-bond acceptors (Lipinski definition) is 5. The summed E-state index contributed by atoms with van der Waals surface area (Å²) >= 11 is 0. The summed E-state index contributed by atoms with van der Waals surface area (Å²) in [5.74, 6) is 0.580. The van der Waals surface area contributed by atoms with Crippen LogP contribution in [0.15, 0.2) is 102 Å². The third kappa shape index (κ3) is 5.62. The molecule has 1 amide bonds. The highest BCUT2D eigenvalue weighted by Gasteiger charge is 2.17. The van der Waals surface area contributed by atoms with E-state index in [0.717, 1.165) is 11.1 Å². The zero-order chi connectivity index (χ0) is 24.8. The van der Waals surface area contributed by atoms with Crippen molar-refractivity contribution in [2.24, 2.45) is 0 Å². The molecule has 0 saturated carbocycles. The second kappa shape index (κ2) is 10.3. The first kappa shape index (κ1) is 23.8. The van der Waals surface area contributed by atoms with E-state index in [0.29, 0.717) is 22.7 Å². The highest BCUT2D eigenvalue weighted by atomic mass is 32.2. The summed E-state index contributed by atoms with van der Waals surface area (Å²) in [7, 11) is -0.921. The number of ether oxygens (including phenoxy) is 2. The van der Waals surface area contributed by atoms with Crippen molar-refractivity contribution >= 4 is 27.3 Å². The van der Waals surface area contributed by atoms with Crippen LogP contribution in [-0.2, 0) is 10.0 Å². The molecular formula is C27H24N2O5S. The van der Waals surface area contributed by atoms with Gasteiger partial charge in [0.1, 0.15) is 11.5 Å². The predicted molar refractivity (Wildman–Crippen MR) is 137 cm³/mol. The fourth-order valence-electron chi connectivity index (χ4n) is 3.45. The SMILES string of the molecule is COc1ccc(NS(=O)(=O)c2ccc(NC(=O)c3ccc(-c4ccccc4)cc3)cc2)c(OC)c1. The Morgan fingerprint density at radius 1 is 0.743 bits per heavy atom. The molecule has 0 heterocycles. The zero-order valence-electron chi connectivity index (χ0n) is 19.2. The number of benzene rings is 4. The molecule has 7 nitrogen and oxygen atoms in total.